The first kappa shape index (κ1) is 25.8. The summed E-state index contributed by atoms with van der Waals surface area (Å²) < 4.78 is 5.81. The molecule has 1 aromatic heterocycles. The van der Waals surface area contributed by atoms with E-state index in [9.17, 15) is 9.59 Å². The normalized spacial score (nSPS) is 14.9. The van der Waals surface area contributed by atoms with Gasteiger partial charge in [0.25, 0.3) is 0 Å². The zero-order chi connectivity index (χ0) is 27.1. The molecule has 3 aromatic rings. The van der Waals surface area contributed by atoms with Crippen LogP contribution in [0, 0.1) is 0 Å². The zero-order valence-corrected chi connectivity index (χ0v) is 20.8. The van der Waals surface area contributed by atoms with Crippen molar-refractivity contribution in [3.8, 4) is 11.6 Å². The molecule has 38 heavy (non-hydrogen) atoms. The molecule has 188 valence electrons. The summed E-state index contributed by atoms with van der Waals surface area (Å²) in [5, 5.41) is 2.80. The second kappa shape index (κ2) is 11.6. The number of nitrogens with one attached hydrogen (secondary N) is 1. The number of carbonyl (C=O) groups is 2. The molecule has 2 amide bonds. The molecule has 7 heteroatoms. The van der Waals surface area contributed by atoms with Crippen LogP contribution in [-0.4, -0.2) is 29.6 Å². The number of pyridine rings is 1. The molecule has 0 bridgehead atoms. The highest BCUT2D eigenvalue weighted by Crippen LogP contribution is 2.34. The van der Waals surface area contributed by atoms with Gasteiger partial charge in [-0.25, -0.2) is 4.98 Å². The third-order valence-electron chi connectivity index (χ3n) is 5.72. The SMILES string of the molecule is C=C/C=C1/C=C(c2ccc(Oc3cc(C(N)=O)ccn3)cc2)C=C(c2cccc(NC(=O)C=C)c2)/C1=N/C. The van der Waals surface area contributed by atoms with Gasteiger partial charge in [0.15, 0.2) is 0 Å². The van der Waals surface area contributed by atoms with E-state index < -0.39 is 5.91 Å². The maximum Gasteiger partial charge on any atom is 0.248 e. The Hall–Kier alpha value is -5.30. The lowest BCUT2D eigenvalue weighted by molar-refractivity contribution is -0.111. The van der Waals surface area contributed by atoms with Gasteiger partial charge in [-0.3, -0.25) is 14.6 Å². The summed E-state index contributed by atoms with van der Waals surface area (Å²) in [4.78, 5) is 31.9. The van der Waals surface area contributed by atoms with Crippen LogP contribution in [0.15, 0.2) is 121 Å². The van der Waals surface area contributed by atoms with Crippen LogP contribution >= 0.6 is 0 Å². The number of nitrogens with two attached hydrogens (primary N) is 1. The van der Waals surface area contributed by atoms with E-state index in [0.29, 0.717) is 17.0 Å². The van der Waals surface area contributed by atoms with Crippen LogP contribution in [0.4, 0.5) is 5.69 Å². The van der Waals surface area contributed by atoms with E-state index in [2.05, 4.69) is 34.5 Å². The van der Waals surface area contributed by atoms with Crippen molar-refractivity contribution in [3.05, 3.63) is 133 Å². The third kappa shape index (κ3) is 5.91. The molecule has 1 heterocycles. The lowest BCUT2D eigenvalue weighted by atomic mass is 9.86. The maximum atomic E-state index is 11.8. The Morgan fingerprint density at radius 1 is 1.03 bits per heavy atom. The molecular weight excluding hydrogens is 476 g/mol. The van der Waals surface area contributed by atoms with E-state index in [1.807, 2.05) is 60.7 Å². The Morgan fingerprint density at radius 3 is 2.50 bits per heavy atom. The number of primary amides is 1. The van der Waals surface area contributed by atoms with E-state index in [1.54, 1.807) is 13.1 Å². The number of ether oxygens (including phenoxy) is 1. The number of aromatic nitrogens is 1. The standard InChI is InChI=1S/C31H26N4O3/c1-4-7-22-16-24(18-27(30(22)33-3)21-8-6-9-25(17-21)35-28(36)5-2)20-10-12-26(13-11-20)38-29-19-23(31(32)37)14-15-34-29/h4-19H,1-2H2,3H3,(H2,32,37)(H,35,36)/b22-7-,33-30+. The molecule has 3 N–H and O–H groups in total. The highest BCUT2D eigenvalue weighted by molar-refractivity contribution is 6.36. The Labute approximate surface area is 221 Å². The lowest BCUT2D eigenvalue weighted by Crippen LogP contribution is -2.11. The fourth-order valence-electron chi connectivity index (χ4n) is 3.96. The van der Waals surface area contributed by atoms with Crippen molar-refractivity contribution in [1.29, 1.82) is 0 Å². The van der Waals surface area contributed by atoms with E-state index >= 15 is 0 Å². The van der Waals surface area contributed by atoms with Gasteiger partial charge in [-0.15, -0.1) is 0 Å². The predicted octanol–water partition coefficient (Wildman–Crippen LogP) is 5.76. The van der Waals surface area contributed by atoms with Crippen molar-refractivity contribution in [2.45, 2.75) is 0 Å². The average Bonchev–Trinajstić information content (AvgIpc) is 2.93. The average molecular weight is 503 g/mol. The molecule has 0 saturated heterocycles. The molecule has 0 atom stereocenters. The third-order valence-corrected chi connectivity index (χ3v) is 5.72. The number of hydrogen-bond acceptors (Lipinski definition) is 5. The van der Waals surface area contributed by atoms with E-state index in [0.717, 1.165) is 33.6 Å². The van der Waals surface area contributed by atoms with Crippen molar-refractivity contribution in [3.63, 3.8) is 0 Å². The minimum Gasteiger partial charge on any atom is -0.439 e. The maximum absolute atomic E-state index is 11.8. The van der Waals surface area contributed by atoms with Crippen molar-refractivity contribution in [2.24, 2.45) is 10.7 Å². The summed E-state index contributed by atoms with van der Waals surface area (Å²) in [6.07, 6.45) is 10.4. The second-order valence-corrected chi connectivity index (χ2v) is 8.24. The topological polar surface area (TPSA) is 107 Å². The lowest BCUT2D eigenvalue weighted by Gasteiger charge is -2.20. The summed E-state index contributed by atoms with van der Waals surface area (Å²) in [5.41, 5.74) is 11.7. The first-order valence-electron chi connectivity index (χ1n) is 11.7. The fourth-order valence-corrected chi connectivity index (χ4v) is 3.96. The molecule has 4 rings (SSSR count). The van der Waals surface area contributed by atoms with Gasteiger partial charge in [0.1, 0.15) is 5.75 Å². The number of carbonyl (C=O) groups excluding carboxylic acids is 2. The Morgan fingerprint density at radius 2 is 1.82 bits per heavy atom. The van der Waals surface area contributed by atoms with Crippen LogP contribution in [0.25, 0.3) is 11.1 Å². The molecule has 1 aliphatic carbocycles. The number of allylic oxidation sites excluding steroid dienone is 7. The van der Waals surface area contributed by atoms with Crippen LogP contribution in [0.2, 0.25) is 0 Å². The minimum absolute atomic E-state index is 0.275. The fraction of sp³-hybridized carbons (Fsp3) is 0.0323. The van der Waals surface area contributed by atoms with E-state index in [4.69, 9.17) is 10.5 Å². The summed E-state index contributed by atoms with van der Waals surface area (Å²) in [7, 11) is 1.75. The molecule has 0 saturated carbocycles. The van der Waals surface area contributed by atoms with Gasteiger partial charge >= 0.3 is 0 Å². The summed E-state index contributed by atoms with van der Waals surface area (Å²) in [6.45, 7) is 7.37. The zero-order valence-electron chi connectivity index (χ0n) is 20.8. The number of rotatable bonds is 8. The highest BCUT2D eigenvalue weighted by atomic mass is 16.5. The monoisotopic (exact) mass is 502 g/mol. The Balaban J connectivity index is 1.68. The largest absolute Gasteiger partial charge is 0.439 e. The van der Waals surface area contributed by atoms with Crippen LogP contribution < -0.4 is 15.8 Å². The molecule has 1 aliphatic rings. The molecule has 0 fully saturated rings. The smallest absolute Gasteiger partial charge is 0.248 e. The van der Waals surface area contributed by atoms with Gasteiger partial charge in [-0.05, 0) is 65.3 Å². The van der Waals surface area contributed by atoms with Crippen LogP contribution in [-0.2, 0) is 4.79 Å². The van der Waals surface area contributed by atoms with Crippen molar-refractivity contribution in [2.75, 3.05) is 12.4 Å². The van der Waals surface area contributed by atoms with E-state index in [-0.39, 0.29) is 11.8 Å². The van der Waals surface area contributed by atoms with Crippen LogP contribution in [0.5, 0.6) is 11.6 Å². The molecule has 0 radical (unpaired) electrons. The summed E-state index contributed by atoms with van der Waals surface area (Å²) in [5.74, 6) is 0.00520. The summed E-state index contributed by atoms with van der Waals surface area (Å²) in [6, 6.07) is 18.1. The first-order chi connectivity index (χ1) is 18.4. The predicted molar refractivity (Wildman–Crippen MR) is 152 cm³/mol. The Kier molecular flexibility index (Phi) is 7.89. The second-order valence-electron chi connectivity index (χ2n) is 8.24. The van der Waals surface area contributed by atoms with E-state index in [1.165, 1.54) is 24.4 Å². The quantitative estimate of drug-likeness (QED) is 0.382. The number of anilines is 1. The van der Waals surface area contributed by atoms with Gasteiger partial charge in [-0.1, -0.05) is 49.6 Å². The van der Waals surface area contributed by atoms with Crippen LogP contribution in [0.3, 0.4) is 0 Å². The number of aliphatic imine (C=N–C) groups is 1. The molecule has 7 nitrogen and oxygen atoms in total. The number of hydrogen-bond donors (Lipinski definition) is 2. The van der Waals surface area contributed by atoms with Crippen LogP contribution in [0.1, 0.15) is 21.5 Å². The van der Waals surface area contributed by atoms with Crippen molar-refractivity contribution < 1.29 is 14.3 Å². The number of nitrogens with zero attached hydrogens (tertiary/aromatic N) is 2. The molecule has 0 unspecified atom stereocenters. The van der Waals surface area contributed by atoms with Crippen molar-refractivity contribution >= 4 is 34.4 Å². The van der Waals surface area contributed by atoms with Crippen molar-refractivity contribution in [1.82, 2.24) is 4.98 Å². The number of benzene rings is 2. The minimum atomic E-state index is -0.550. The molecule has 0 spiro atoms. The molecule has 2 aromatic carbocycles. The summed E-state index contributed by atoms with van der Waals surface area (Å²) >= 11 is 0. The van der Waals surface area contributed by atoms with Gasteiger partial charge in [0.05, 0.1) is 5.71 Å². The van der Waals surface area contributed by atoms with Gasteiger partial charge in [0.2, 0.25) is 17.7 Å². The Bertz CT molecular complexity index is 1540. The first-order valence-corrected chi connectivity index (χ1v) is 11.7. The highest BCUT2D eigenvalue weighted by Gasteiger charge is 2.19. The molecule has 0 aliphatic heterocycles. The van der Waals surface area contributed by atoms with Gasteiger partial charge in [0, 0.05) is 41.7 Å². The number of amides is 2. The molecular formula is C31H26N4O3. The van der Waals surface area contributed by atoms with Gasteiger partial charge < -0.3 is 15.8 Å². The van der Waals surface area contributed by atoms with Gasteiger partial charge in [-0.2, -0.15) is 0 Å².